The maximum Gasteiger partial charge on any atom is 0.0497 e. The molecule has 1 aliphatic heterocycles. The lowest BCUT2D eigenvalue weighted by molar-refractivity contribution is 1.09. The maximum atomic E-state index is 2.42. The molecule has 9 aromatic rings. The van der Waals surface area contributed by atoms with Crippen LogP contribution in [-0.2, 0) is 6.42 Å². The van der Waals surface area contributed by atoms with Crippen LogP contribution in [0.5, 0.6) is 0 Å². The van der Waals surface area contributed by atoms with Crippen LogP contribution < -0.4 is 9.80 Å². The van der Waals surface area contributed by atoms with E-state index in [1.54, 1.807) is 0 Å². The summed E-state index contributed by atoms with van der Waals surface area (Å²) in [6, 6.07) is 79.1. The van der Waals surface area contributed by atoms with Crippen molar-refractivity contribution < 1.29 is 0 Å². The highest BCUT2D eigenvalue weighted by atomic mass is 15.2. The Kier molecular flexibility index (Phi) is 8.27. The Hall–Kier alpha value is -7.16. The fourth-order valence-corrected chi connectivity index (χ4v) is 8.07. The van der Waals surface area contributed by atoms with Crippen LogP contribution >= 0.6 is 0 Å². The SMILES string of the molecule is c1ccc(-c2ccc(N(c3ccccc3)c3ccc(-c4ccc5c(c4)Cc4cc(-c6ccc7ccccc7c6)ccc4N5c4ccccc4)cc3)cc2)cc1. The summed E-state index contributed by atoms with van der Waals surface area (Å²) >= 11 is 0. The van der Waals surface area contributed by atoms with Crippen molar-refractivity contribution in [3.05, 3.63) is 230 Å². The standard InChI is InChI=1S/C53H38N2/c1-4-12-38(13-5-1)40-22-28-50(29-23-40)54(48-16-6-2-7-17-48)51-30-24-41(25-31-51)43-26-32-52-46(35-43)37-47-36-45(44-21-20-39-14-10-11-15-42(39)34-44)27-33-53(47)55(52)49-18-8-3-9-19-49/h1-36H,37H2. The molecule has 260 valence electrons. The van der Waals surface area contributed by atoms with Crippen molar-refractivity contribution >= 4 is 44.9 Å². The number of anilines is 6. The molecule has 9 aromatic carbocycles. The first-order valence-corrected chi connectivity index (χ1v) is 19.0. The minimum Gasteiger partial charge on any atom is -0.311 e. The zero-order valence-corrected chi connectivity index (χ0v) is 30.4. The molecule has 0 unspecified atom stereocenters. The first-order valence-electron chi connectivity index (χ1n) is 19.0. The highest BCUT2D eigenvalue weighted by Gasteiger charge is 2.25. The van der Waals surface area contributed by atoms with Crippen molar-refractivity contribution in [2.75, 3.05) is 9.80 Å². The van der Waals surface area contributed by atoms with Crippen LogP contribution in [0.25, 0.3) is 44.2 Å². The largest absolute Gasteiger partial charge is 0.311 e. The van der Waals surface area contributed by atoms with Crippen molar-refractivity contribution in [1.82, 2.24) is 0 Å². The lowest BCUT2D eigenvalue weighted by atomic mass is 9.90. The Balaban J connectivity index is 0.999. The van der Waals surface area contributed by atoms with Gasteiger partial charge in [0.25, 0.3) is 0 Å². The van der Waals surface area contributed by atoms with Crippen molar-refractivity contribution in [3.8, 4) is 33.4 Å². The normalized spacial score (nSPS) is 11.9. The molecule has 0 fully saturated rings. The van der Waals surface area contributed by atoms with Gasteiger partial charge in [0.2, 0.25) is 0 Å². The van der Waals surface area contributed by atoms with E-state index in [9.17, 15) is 0 Å². The predicted molar refractivity (Wildman–Crippen MR) is 232 cm³/mol. The molecule has 1 aliphatic rings. The molecule has 0 atom stereocenters. The van der Waals surface area contributed by atoms with Gasteiger partial charge in [-0.25, -0.2) is 0 Å². The van der Waals surface area contributed by atoms with Crippen LogP contribution in [0.3, 0.4) is 0 Å². The smallest absolute Gasteiger partial charge is 0.0497 e. The van der Waals surface area contributed by atoms with Gasteiger partial charge in [0, 0.05) is 40.5 Å². The van der Waals surface area contributed by atoms with Gasteiger partial charge in [-0.15, -0.1) is 0 Å². The van der Waals surface area contributed by atoms with Crippen LogP contribution in [0.15, 0.2) is 218 Å². The number of hydrogen-bond acceptors (Lipinski definition) is 2. The summed E-state index contributed by atoms with van der Waals surface area (Å²) in [6.45, 7) is 0. The third-order valence-corrected chi connectivity index (χ3v) is 10.8. The lowest BCUT2D eigenvalue weighted by Gasteiger charge is -2.34. The van der Waals surface area contributed by atoms with Crippen molar-refractivity contribution in [3.63, 3.8) is 0 Å². The number of benzene rings is 9. The van der Waals surface area contributed by atoms with Gasteiger partial charge in [-0.3, -0.25) is 0 Å². The molecule has 2 heteroatoms. The van der Waals surface area contributed by atoms with Crippen LogP contribution in [-0.4, -0.2) is 0 Å². The Morgan fingerprint density at radius 1 is 0.309 bits per heavy atom. The molecule has 0 saturated carbocycles. The molecule has 0 radical (unpaired) electrons. The van der Waals surface area contributed by atoms with Gasteiger partial charge in [-0.05, 0) is 134 Å². The molecule has 0 N–H and O–H groups in total. The fraction of sp³-hybridized carbons (Fsp3) is 0.0189. The summed E-state index contributed by atoms with van der Waals surface area (Å²) in [5.41, 5.74) is 16.9. The molecule has 0 bridgehead atoms. The van der Waals surface area contributed by atoms with Crippen molar-refractivity contribution in [1.29, 1.82) is 0 Å². The van der Waals surface area contributed by atoms with Crippen molar-refractivity contribution in [2.45, 2.75) is 6.42 Å². The third-order valence-electron chi connectivity index (χ3n) is 10.8. The second-order valence-corrected chi connectivity index (χ2v) is 14.2. The Labute approximate surface area is 322 Å². The molecule has 0 spiro atoms. The number of fused-ring (bicyclic) bond motifs is 3. The first-order chi connectivity index (χ1) is 27.2. The maximum absolute atomic E-state index is 2.42. The van der Waals surface area contributed by atoms with Crippen LogP contribution in [0.2, 0.25) is 0 Å². The van der Waals surface area contributed by atoms with Crippen molar-refractivity contribution in [2.24, 2.45) is 0 Å². The second-order valence-electron chi connectivity index (χ2n) is 14.2. The number of hydrogen-bond donors (Lipinski definition) is 0. The fourth-order valence-electron chi connectivity index (χ4n) is 8.07. The molecule has 2 nitrogen and oxygen atoms in total. The number of nitrogens with zero attached hydrogens (tertiary/aromatic N) is 2. The van der Waals surface area contributed by atoms with E-state index >= 15 is 0 Å². The molecular weight excluding hydrogens is 665 g/mol. The number of rotatable bonds is 7. The zero-order chi connectivity index (χ0) is 36.6. The summed E-state index contributed by atoms with van der Waals surface area (Å²) in [6.07, 6.45) is 0.863. The summed E-state index contributed by atoms with van der Waals surface area (Å²) in [7, 11) is 0. The molecule has 0 aromatic heterocycles. The molecule has 0 saturated heterocycles. The Bertz CT molecular complexity index is 2760. The van der Waals surface area contributed by atoms with Gasteiger partial charge in [0.15, 0.2) is 0 Å². The molecule has 0 aliphatic carbocycles. The van der Waals surface area contributed by atoms with E-state index in [-0.39, 0.29) is 0 Å². The average molecular weight is 703 g/mol. The van der Waals surface area contributed by atoms with E-state index in [1.165, 1.54) is 66.7 Å². The Morgan fingerprint density at radius 3 is 1.35 bits per heavy atom. The first kappa shape index (κ1) is 32.5. The minimum absolute atomic E-state index is 0.863. The monoisotopic (exact) mass is 702 g/mol. The van der Waals surface area contributed by atoms with E-state index in [2.05, 4.69) is 228 Å². The van der Waals surface area contributed by atoms with E-state index in [4.69, 9.17) is 0 Å². The molecule has 10 rings (SSSR count). The van der Waals surface area contributed by atoms with Gasteiger partial charge in [-0.2, -0.15) is 0 Å². The predicted octanol–water partition coefficient (Wildman–Crippen LogP) is 14.7. The molecule has 0 amide bonds. The highest BCUT2D eigenvalue weighted by Crippen LogP contribution is 2.46. The summed E-state index contributed by atoms with van der Waals surface area (Å²) in [4.78, 5) is 4.75. The molecule has 55 heavy (non-hydrogen) atoms. The van der Waals surface area contributed by atoms with Gasteiger partial charge in [0.1, 0.15) is 0 Å². The van der Waals surface area contributed by atoms with Gasteiger partial charge >= 0.3 is 0 Å². The highest BCUT2D eigenvalue weighted by molar-refractivity contribution is 5.90. The van der Waals surface area contributed by atoms with E-state index in [1.807, 2.05) is 0 Å². The second kappa shape index (κ2) is 14.0. The van der Waals surface area contributed by atoms with Gasteiger partial charge < -0.3 is 9.80 Å². The average Bonchev–Trinajstić information content (AvgIpc) is 3.26. The minimum atomic E-state index is 0.863. The van der Waals surface area contributed by atoms with Gasteiger partial charge in [-0.1, -0.05) is 140 Å². The van der Waals surface area contributed by atoms with E-state index in [0.717, 1.165) is 29.2 Å². The molecular formula is C53H38N2. The number of para-hydroxylation sites is 2. The zero-order valence-electron chi connectivity index (χ0n) is 30.4. The molecule has 1 heterocycles. The summed E-state index contributed by atoms with van der Waals surface area (Å²) in [5.74, 6) is 0. The third kappa shape index (κ3) is 6.24. The quantitative estimate of drug-likeness (QED) is 0.163. The van der Waals surface area contributed by atoms with E-state index in [0.29, 0.717) is 0 Å². The summed E-state index contributed by atoms with van der Waals surface area (Å²) < 4.78 is 0. The topological polar surface area (TPSA) is 6.48 Å². The lowest BCUT2D eigenvalue weighted by Crippen LogP contribution is -2.18. The van der Waals surface area contributed by atoms with Crippen LogP contribution in [0.1, 0.15) is 11.1 Å². The summed E-state index contributed by atoms with van der Waals surface area (Å²) in [5, 5.41) is 2.52. The van der Waals surface area contributed by atoms with Crippen LogP contribution in [0.4, 0.5) is 34.1 Å². The van der Waals surface area contributed by atoms with E-state index < -0.39 is 0 Å². The van der Waals surface area contributed by atoms with Crippen LogP contribution in [0, 0.1) is 0 Å². The Morgan fingerprint density at radius 2 is 0.727 bits per heavy atom. The van der Waals surface area contributed by atoms with Gasteiger partial charge in [0.05, 0.1) is 0 Å².